The van der Waals surface area contributed by atoms with Gasteiger partial charge in [0.25, 0.3) is 0 Å². The third-order valence-electron chi connectivity index (χ3n) is 3.11. The maximum atomic E-state index is 11.4. The van der Waals surface area contributed by atoms with Crippen molar-refractivity contribution in [1.82, 2.24) is 9.55 Å². The van der Waals surface area contributed by atoms with E-state index < -0.39 is 0 Å². The number of fused-ring (bicyclic) bond motifs is 1. The summed E-state index contributed by atoms with van der Waals surface area (Å²) >= 11 is 0. The van der Waals surface area contributed by atoms with Crippen LogP contribution in [0.4, 0.5) is 5.82 Å². The number of rotatable bonds is 0. The molecule has 0 aromatic carbocycles. The highest BCUT2D eigenvalue weighted by molar-refractivity contribution is 5.42. The average Bonchev–Trinajstić information content (AvgIpc) is 2.13. The van der Waals surface area contributed by atoms with E-state index in [4.69, 9.17) is 0 Å². The quantitative estimate of drug-likeness (QED) is 0.613. The molecule has 76 valence electrons. The zero-order chi connectivity index (χ0) is 10.3. The minimum Gasteiger partial charge on any atom is -0.356 e. The molecule has 0 amide bonds. The Balaban J connectivity index is 2.57. The first-order valence-electron chi connectivity index (χ1n) is 4.82. The molecule has 2 rings (SSSR count). The normalized spacial score (nSPS) is 19.2. The lowest BCUT2D eigenvalue weighted by atomic mass is 9.96. The molecule has 4 heteroatoms. The molecule has 0 N–H and O–H groups in total. The SMILES string of the molecule is CN1c2ccnc(=O)n2CCC1(C)C. The van der Waals surface area contributed by atoms with Gasteiger partial charge >= 0.3 is 5.69 Å². The van der Waals surface area contributed by atoms with Crippen molar-refractivity contribution in [3.63, 3.8) is 0 Å². The average molecular weight is 193 g/mol. The minimum absolute atomic E-state index is 0.119. The highest BCUT2D eigenvalue weighted by Gasteiger charge is 2.30. The van der Waals surface area contributed by atoms with Gasteiger partial charge in [-0.3, -0.25) is 4.57 Å². The molecule has 14 heavy (non-hydrogen) atoms. The van der Waals surface area contributed by atoms with Gasteiger partial charge in [-0.2, -0.15) is 0 Å². The van der Waals surface area contributed by atoms with Crippen molar-refractivity contribution >= 4 is 5.82 Å². The number of hydrogen-bond acceptors (Lipinski definition) is 3. The number of aromatic nitrogens is 2. The summed E-state index contributed by atoms with van der Waals surface area (Å²) in [5.74, 6) is 0.959. The Kier molecular flexibility index (Phi) is 1.87. The summed E-state index contributed by atoms with van der Waals surface area (Å²) in [6.07, 6.45) is 2.55. The van der Waals surface area contributed by atoms with Crippen LogP contribution in [0.3, 0.4) is 0 Å². The molecule has 1 aliphatic heterocycles. The van der Waals surface area contributed by atoms with Gasteiger partial charge in [-0.25, -0.2) is 9.78 Å². The molecule has 0 unspecified atom stereocenters. The Bertz CT molecular complexity index is 408. The van der Waals surface area contributed by atoms with Crippen molar-refractivity contribution in [1.29, 1.82) is 0 Å². The van der Waals surface area contributed by atoms with Crippen LogP contribution in [-0.2, 0) is 6.54 Å². The van der Waals surface area contributed by atoms with Crippen molar-refractivity contribution < 1.29 is 0 Å². The van der Waals surface area contributed by atoms with Crippen LogP contribution in [0.25, 0.3) is 0 Å². The van der Waals surface area contributed by atoms with Gasteiger partial charge in [-0.05, 0) is 26.3 Å². The molecule has 4 nitrogen and oxygen atoms in total. The zero-order valence-electron chi connectivity index (χ0n) is 8.82. The minimum atomic E-state index is -0.148. The van der Waals surface area contributed by atoms with Gasteiger partial charge in [0, 0.05) is 25.3 Å². The zero-order valence-corrected chi connectivity index (χ0v) is 8.82. The predicted molar refractivity (Wildman–Crippen MR) is 55.6 cm³/mol. The third-order valence-corrected chi connectivity index (χ3v) is 3.11. The highest BCUT2D eigenvalue weighted by Crippen LogP contribution is 2.28. The van der Waals surface area contributed by atoms with E-state index in [1.807, 2.05) is 13.1 Å². The second kappa shape index (κ2) is 2.83. The molecule has 0 saturated carbocycles. The van der Waals surface area contributed by atoms with E-state index in [-0.39, 0.29) is 11.2 Å². The van der Waals surface area contributed by atoms with E-state index in [2.05, 4.69) is 23.7 Å². The number of anilines is 1. The lowest BCUT2D eigenvalue weighted by Gasteiger charge is -2.42. The van der Waals surface area contributed by atoms with Crippen molar-refractivity contribution in [2.45, 2.75) is 32.4 Å². The second-order valence-electron chi connectivity index (χ2n) is 4.36. The van der Waals surface area contributed by atoms with Crippen LogP contribution >= 0.6 is 0 Å². The maximum absolute atomic E-state index is 11.4. The summed E-state index contributed by atoms with van der Waals surface area (Å²) in [5.41, 5.74) is -0.0294. The highest BCUT2D eigenvalue weighted by atomic mass is 16.1. The fraction of sp³-hybridized carbons (Fsp3) is 0.600. The van der Waals surface area contributed by atoms with Crippen LogP contribution in [0.15, 0.2) is 17.1 Å². The van der Waals surface area contributed by atoms with Crippen molar-refractivity contribution in [3.05, 3.63) is 22.7 Å². The first kappa shape index (κ1) is 9.24. The number of hydrogen-bond donors (Lipinski definition) is 0. The van der Waals surface area contributed by atoms with E-state index >= 15 is 0 Å². The van der Waals surface area contributed by atoms with Crippen molar-refractivity contribution in [2.24, 2.45) is 0 Å². The Morgan fingerprint density at radius 3 is 2.93 bits per heavy atom. The molecule has 0 bridgehead atoms. The van der Waals surface area contributed by atoms with Crippen molar-refractivity contribution in [2.75, 3.05) is 11.9 Å². The molecule has 2 heterocycles. The van der Waals surface area contributed by atoms with Crippen LogP contribution in [-0.4, -0.2) is 22.1 Å². The van der Waals surface area contributed by atoms with E-state index in [1.165, 1.54) is 0 Å². The van der Waals surface area contributed by atoms with Gasteiger partial charge in [-0.1, -0.05) is 0 Å². The lowest BCUT2D eigenvalue weighted by Crippen LogP contribution is -2.49. The molecule has 0 atom stereocenters. The Morgan fingerprint density at radius 1 is 1.50 bits per heavy atom. The largest absolute Gasteiger partial charge is 0.356 e. The summed E-state index contributed by atoms with van der Waals surface area (Å²) in [7, 11) is 2.02. The van der Waals surface area contributed by atoms with Crippen LogP contribution in [0.2, 0.25) is 0 Å². The molecule has 0 fully saturated rings. The van der Waals surface area contributed by atoms with Crippen LogP contribution in [0.1, 0.15) is 20.3 Å². The van der Waals surface area contributed by atoms with Crippen molar-refractivity contribution in [3.8, 4) is 0 Å². The van der Waals surface area contributed by atoms with E-state index in [0.29, 0.717) is 0 Å². The monoisotopic (exact) mass is 193 g/mol. The van der Waals surface area contributed by atoms with Gasteiger partial charge in [0.05, 0.1) is 0 Å². The summed E-state index contributed by atoms with van der Waals surface area (Å²) in [5, 5.41) is 0. The third kappa shape index (κ3) is 1.22. The first-order chi connectivity index (χ1) is 6.52. The Morgan fingerprint density at radius 2 is 2.21 bits per heavy atom. The van der Waals surface area contributed by atoms with E-state index in [9.17, 15) is 4.79 Å². The molecule has 0 radical (unpaired) electrons. The molecule has 1 aliphatic rings. The molecule has 1 aromatic heterocycles. The predicted octanol–water partition coefficient (Wildman–Crippen LogP) is 0.862. The number of nitrogens with zero attached hydrogens (tertiary/aromatic N) is 3. The molecular weight excluding hydrogens is 178 g/mol. The smallest absolute Gasteiger partial charge is 0.349 e. The second-order valence-corrected chi connectivity index (χ2v) is 4.36. The first-order valence-corrected chi connectivity index (χ1v) is 4.82. The van der Waals surface area contributed by atoms with Gasteiger partial charge in [0.15, 0.2) is 0 Å². The van der Waals surface area contributed by atoms with Crippen LogP contribution in [0, 0.1) is 0 Å². The molecule has 0 aliphatic carbocycles. The lowest BCUT2D eigenvalue weighted by molar-refractivity contribution is 0.368. The Labute approximate surface area is 83.2 Å². The molecule has 0 saturated heterocycles. The van der Waals surface area contributed by atoms with Gasteiger partial charge in [0.2, 0.25) is 0 Å². The topological polar surface area (TPSA) is 38.1 Å². The molecule has 1 aromatic rings. The molecular formula is C10H15N3O. The fourth-order valence-electron chi connectivity index (χ4n) is 1.79. The summed E-state index contributed by atoms with van der Waals surface area (Å²) in [4.78, 5) is 17.3. The van der Waals surface area contributed by atoms with Gasteiger partial charge < -0.3 is 4.90 Å². The summed E-state index contributed by atoms with van der Waals surface area (Å²) in [6, 6.07) is 1.89. The summed E-state index contributed by atoms with van der Waals surface area (Å²) in [6.45, 7) is 5.13. The maximum Gasteiger partial charge on any atom is 0.349 e. The summed E-state index contributed by atoms with van der Waals surface area (Å²) < 4.78 is 1.73. The Hall–Kier alpha value is -1.32. The van der Waals surface area contributed by atoms with Gasteiger partial charge in [-0.15, -0.1) is 0 Å². The van der Waals surface area contributed by atoms with Gasteiger partial charge in [0.1, 0.15) is 5.82 Å². The van der Waals surface area contributed by atoms with Crippen LogP contribution < -0.4 is 10.6 Å². The molecule has 0 spiro atoms. The standard InChI is InChI=1S/C10H15N3O/c1-10(2)5-7-13-8(12(10)3)4-6-11-9(13)14/h4,6H,5,7H2,1-3H3. The van der Waals surface area contributed by atoms with E-state index in [0.717, 1.165) is 18.8 Å². The van der Waals surface area contributed by atoms with E-state index in [1.54, 1.807) is 10.8 Å². The van der Waals surface area contributed by atoms with Crippen LogP contribution in [0.5, 0.6) is 0 Å². The fourth-order valence-corrected chi connectivity index (χ4v) is 1.79.